The second-order valence-electron chi connectivity index (χ2n) is 2.64. The number of nitrogens with zero attached hydrogens (tertiary/aromatic N) is 1. The Hall–Kier alpha value is -1.14. The minimum Gasteiger partial charge on any atom is -0.320 e. The number of nitrogens with two attached hydrogens (primary N) is 1. The third kappa shape index (κ3) is 4.16. The van der Waals surface area contributed by atoms with Gasteiger partial charge in [0.1, 0.15) is 0 Å². The van der Waals surface area contributed by atoms with E-state index in [2.05, 4.69) is 26.3 Å². The molecule has 16 heavy (non-hydrogen) atoms. The molecule has 0 aliphatic heterocycles. The van der Waals surface area contributed by atoms with E-state index in [9.17, 15) is 8.42 Å². The van der Waals surface area contributed by atoms with Gasteiger partial charge < -0.3 is 5.73 Å². The summed E-state index contributed by atoms with van der Waals surface area (Å²) in [6.07, 6.45) is 1.50. The molecule has 0 fully saturated rings. The molecular weight excluding hydrogens is 248 g/mol. The molecule has 0 aliphatic carbocycles. The maximum atomic E-state index is 11.3. The highest BCUT2D eigenvalue weighted by atomic mass is 32.2. The summed E-state index contributed by atoms with van der Waals surface area (Å²) in [6, 6.07) is 0. The van der Waals surface area contributed by atoms with E-state index in [-0.39, 0.29) is 11.7 Å². The summed E-state index contributed by atoms with van der Waals surface area (Å²) >= 11 is 1.16. The van der Waals surface area contributed by atoms with Gasteiger partial charge in [-0.25, -0.2) is 9.71 Å². The van der Waals surface area contributed by atoms with Crippen molar-refractivity contribution < 1.29 is 8.42 Å². The average molecular weight is 260 g/mol. The lowest BCUT2D eigenvalue weighted by Gasteiger charge is -2.03. The lowest BCUT2D eigenvalue weighted by molar-refractivity contribution is 0.589. The van der Waals surface area contributed by atoms with E-state index < -0.39 is 10.2 Å². The number of thiazole rings is 1. The number of rotatable bonds is 4. The molecular formula is C8H12N4O2S2. The molecule has 0 spiro atoms. The van der Waals surface area contributed by atoms with Gasteiger partial charge in [0.15, 0.2) is 5.13 Å². The van der Waals surface area contributed by atoms with E-state index in [0.29, 0.717) is 11.4 Å². The first-order chi connectivity index (χ1) is 7.57. The number of nitrogens with one attached hydrogen (secondary N) is 2. The zero-order valence-electron chi connectivity index (χ0n) is 8.65. The molecule has 4 N–H and O–H groups in total. The van der Waals surface area contributed by atoms with Crippen molar-refractivity contribution in [2.24, 2.45) is 5.73 Å². The van der Waals surface area contributed by atoms with Gasteiger partial charge in [-0.1, -0.05) is 30.1 Å². The highest BCUT2D eigenvalue weighted by Gasteiger charge is 2.10. The molecule has 0 radical (unpaired) electrons. The van der Waals surface area contributed by atoms with Gasteiger partial charge in [-0.3, -0.25) is 0 Å². The van der Waals surface area contributed by atoms with Gasteiger partial charge in [0.2, 0.25) is 0 Å². The predicted molar refractivity (Wildman–Crippen MR) is 64.3 cm³/mol. The molecule has 0 saturated heterocycles. The van der Waals surface area contributed by atoms with Crippen molar-refractivity contribution in [2.75, 3.05) is 17.8 Å². The third-order valence-corrected chi connectivity index (χ3v) is 3.46. The van der Waals surface area contributed by atoms with Crippen LogP contribution in [0.4, 0.5) is 5.13 Å². The van der Waals surface area contributed by atoms with E-state index in [1.165, 1.54) is 6.20 Å². The minimum atomic E-state index is -3.52. The zero-order valence-corrected chi connectivity index (χ0v) is 10.3. The number of aromatic nitrogens is 1. The van der Waals surface area contributed by atoms with E-state index in [0.717, 1.165) is 11.3 Å². The molecule has 0 amide bonds. The Morgan fingerprint density at radius 3 is 3.00 bits per heavy atom. The van der Waals surface area contributed by atoms with E-state index in [1.807, 2.05) is 0 Å². The summed E-state index contributed by atoms with van der Waals surface area (Å²) in [5, 5.41) is 0.280. The van der Waals surface area contributed by atoms with Crippen LogP contribution in [-0.2, 0) is 10.2 Å². The maximum absolute atomic E-state index is 11.3. The lowest BCUT2D eigenvalue weighted by Crippen LogP contribution is -2.29. The van der Waals surface area contributed by atoms with Gasteiger partial charge in [-0.2, -0.15) is 13.1 Å². The highest BCUT2D eigenvalue weighted by molar-refractivity contribution is 7.91. The molecule has 1 rings (SSSR count). The Morgan fingerprint density at radius 1 is 1.62 bits per heavy atom. The van der Waals surface area contributed by atoms with Gasteiger partial charge in [0.25, 0.3) is 0 Å². The van der Waals surface area contributed by atoms with Crippen LogP contribution >= 0.6 is 11.3 Å². The van der Waals surface area contributed by atoms with Crippen LogP contribution in [0.2, 0.25) is 0 Å². The second-order valence-corrected chi connectivity index (χ2v) is 5.17. The topological polar surface area (TPSA) is 97.1 Å². The van der Waals surface area contributed by atoms with Crippen molar-refractivity contribution in [3.05, 3.63) is 11.1 Å². The molecule has 1 aromatic rings. The highest BCUT2D eigenvalue weighted by Crippen LogP contribution is 2.17. The molecule has 0 saturated carbocycles. The summed E-state index contributed by atoms with van der Waals surface area (Å²) in [6.45, 7) is 2.27. The van der Waals surface area contributed by atoms with Crippen LogP contribution in [0.15, 0.2) is 6.20 Å². The number of hydrogen-bond acceptors (Lipinski definition) is 5. The average Bonchev–Trinajstić information content (AvgIpc) is 2.61. The van der Waals surface area contributed by atoms with Gasteiger partial charge in [-0.05, 0) is 0 Å². The first-order valence-corrected chi connectivity index (χ1v) is 6.79. The largest absolute Gasteiger partial charge is 0.320 e. The normalized spacial score (nSPS) is 10.6. The zero-order chi connectivity index (χ0) is 12.0. The molecule has 1 heterocycles. The van der Waals surface area contributed by atoms with Crippen LogP contribution < -0.4 is 15.2 Å². The van der Waals surface area contributed by atoms with Crippen LogP contribution in [0.1, 0.15) is 11.8 Å². The minimum absolute atomic E-state index is 0.260. The first kappa shape index (κ1) is 12.9. The van der Waals surface area contributed by atoms with Crippen LogP contribution in [0.5, 0.6) is 0 Å². The first-order valence-electron chi connectivity index (χ1n) is 4.49. The van der Waals surface area contributed by atoms with Gasteiger partial charge in [-0.15, -0.1) is 0 Å². The molecule has 0 atom stereocenters. The predicted octanol–water partition coefficient (Wildman–Crippen LogP) is -0.281. The molecule has 88 valence electrons. The van der Waals surface area contributed by atoms with Crippen molar-refractivity contribution in [1.29, 1.82) is 0 Å². The summed E-state index contributed by atoms with van der Waals surface area (Å²) in [5.41, 5.74) is 5.21. The molecule has 0 unspecified atom stereocenters. The lowest BCUT2D eigenvalue weighted by atomic mass is 10.5. The summed E-state index contributed by atoms with van der Waals surface area (Å²) in [7, 11) is -3.52. The molecule has 0 aliphatic rings. The Labute approximate surface area is 98.5 Å². The van der Waals surface area contributed by atoms with Crippen molar-refractivity contribution in [2.45, 2.75) is 6.92 Å². The van der Waals surface area contributed by atoms with Gasteiger partial charge >= 0.3 is 10.2 Å². The monoisotopic (exact) mass is 260 g/mol. The number of anilines is 1. The van der Waals surface area contributed by atoms with Crippen molar-refractivity contribution in [3.8, 4) is 11.8 Å². The van der Waals surface area contributed by atoms with E-state index >= 15 is 0 Å². The van der Waals surface area contributed by atoms with Crippen LogP contribution in [0.3, 0.4) is 0 Å². The Balaban J connectivity index is 2.72. The third-order valence-electron chi connectivity index (χ3n) is 1.38. The van der Waals surface area contributed by atoms with Crippen LogP contribution in [-0.4, -0.2) is 26.5 Å². The molecule has 6 nitrogen and oxygen atoms in total. The van der Waals surface area contributed by atoms with Gasteiger partial charge in [0.05, 0.1) is 17.6 Å². The fraction of sp³-hybridized carbons (Fsp3) is 0.375. The summed E-state index contributed by atoms with van der Waals surface area (Å²) < 4.78 is 27.2. The van der Waals surface area contributed by atoms with Crippen molar-refractivity contribution >= 4 is 26.7 Å². The summed E-state index contributed by atoms with van der Waals surface area (Å²) in [4.78, 5) is 4.55. The number of hydrogen-bond donors (Lipinski definition) is 3. The maximum Gasteiger partial charge on any atom is 0.300 e. The fourth-order valence-corrected chi connectivity index (χ4v) is 2.63. The van der Waals surface area contributed by atoms with E-state index in [1.54, 1.807) is 6.92 Å². The van der Waals surface area contributed by atoms with Crippen molar-refractivity contribution in [1.82, 2.24) is 9.71 Å². The van der Waals surface area contributed by atoms with Crippen LogP contribution in [0.25, 0.3) is 0 Å². The molecule has 1 aromatic heterocycles. The Kier molecular flexibility index (Phi) is 4.70. The molecule has 8 heteroatoms. The van der Waals surface area contributed by atoms with Crippen molar-refractivity contribution in [3.63, 3.8) is 0 Å². The molecule has 0 bridgehead atoms. The Morgan fingerprint density at radius 2 is 2.38 bits per heavy atom. The standard InChI is InChI=1S/C8H12N4O2S2/c1-2-11-16(13,14)12-8-10-6-7(15-8)4-3-5-9/h6,11H,2,5,9H2,1H3,(H,10,12). The van der Waals surface area contributed by atoms with Gasteiger partial charge in [0, 0.05) is 6.54 Å². The second kappa shape index (κ2) is 5.81. The van der Waals surface area contributed by atoms with Crippen LogP contribution in [0, 0.1) is 11.8 Å². The fourth-order valence-electron chi connectivity index (χ4n) is 0.858. The SMILES string of the molecule is CCNS(=O)(=O)Nc1ncc(C#CCN)s1. The smallest absolute Gasteiger partial charge is 0.300 e. The van der Waals surface area contributed by atoms with E-state index in [4.69, 9.17) is 5.73 Å². The molecule has 0 aromatic carbocycles. The Bertz CT molecular complexity index is 498. The summed E-state index contributed by atoms with van der Waals surface area (Å²) in [5.74, 6) is 5.43. The quantitative estimate of drug-likeness (QED) is 0.649.